The quantitative estimate of drug-likeness (QED) is 0.854. The first-order valence-corrected chi connectivity index (χ1v) is 6.56. The van der Waals surface area contributed by atoms with Crippen molar-refractivity contribution < 1.29 is 9.90 Å². The Labute approximate surface area is 120 Å². The van der Waals surface area contributed by atoms with E-state index in [0.29, 0.717) is 0 Å². The van der Waals surface area contributed by atoms with Crippen molar-refractivity contribution in [2.45, 2.75) is 0 Å². The summed E-state index contributed by atoms with van der Waals surface area (Å²) in [6.45, 7) is 0. The van der Waals surface area contributed by atoms with E-state index in [1.807, 2.05) is 18.2 Å². The van der Waals surface area contributed by atoms with E-state index in [2.05, 4.69) is 42.2 Å². The molecule has 92 valence electrons. The van der Waals surface area contributed by atoms with Gasteiger partial charge >= 0.3 is 5.97 Å². The molecular weight excluding hydrogens is 364 g/mol. The van der Waals surface area contributed by atoms with Gasteiger partial charge in [-0.1, -0.05) is 15.9 Å². The fraction of sp³-hybridized carbons (Fsp3) is 0. The number of hydrogen-bond donors (Lipinski definition) is 2. The number of pyridine rings is 1. The number of carbonyl (C=O) groups is 1. The Morgan fingerprint density at radius 3 is 2.61 bits per heavy atom. The Balaban J connectivity index is 2.23. The third kappa shape index (κ3) is 3.08. The lowest BCUT2D eigenvalue weighted by molar-refractivity contribution is 0.0690. The summed E-state index contributed by atoms with van der Waals surface area (Å²) in [5, 5.41) is 11.9. The third-order valence-corrected chi connectivity index (χ3v) is 3.37. The van der Waals surface area contributed by atoms with E-state index in [0.717, 1.165) is 20.3 Å². The fourth-order valence-electron chi connectivity index (χ4n) is 1.34. The molecule has 1 heterocycles. The van der Waals surface area contributed by atoms with Gasteiger partial charge in [-0.05, 0) is 46.3 Å². The minimum Gasteiger partial charge on any atom is -0.477 e. The van der Waals surface area contributed by atoms with Crippen LogP contribution >= 0.6 is 31.9 Å². The summed E-state index contributed by atoms with van der Waals surface area (Å²) in [6.07, 6.45) is 1.48. The number of nitrogens with zero attached hydrogens (tertiary/aromatic N) is 1. The first kappa shape index (κ1) is 13.0. The van der Waals surface area contributed by atoms with E-state index in [9.17, 15) is 4.79 Å². The van der Waals surface area contributed by atoms with Crippen molar-refractivity contribution in [2.75, 3.05) is 5.32 Å². The van der Waals surface area contributed by atoms with Crippen molar-refractivity contribution in [3.05, 3.63) is 51.2 Å². The summed E-state index contributed by atoms with van der Waals surface area (Å²) in [4.78, 5) is 14.5. The maximum atomic E-state index is 10.7. The molecule has 0 amide bonds. The first-order valence-electron chi connectivity index (χ1n) is 4.97. The number of rotatable bonds is 3. The average molecular weight is 372 g/mol. The molecule has 1 aromatic heterocycles. The lowest BCUT2D eigenvalue weighted by Crippen LogP contribution is -2.00. The van der Waals surface area contributed by atoms with Crippen LogP contribution in [0.3, 0.4) is 0 Å². The molecule has 0 saturated carbocycles. The van der Waals surface area contributed by atoms with Gasteiger partial charge in [0.2, 0.25) is 0 Å². The lowest BCUT2D eigenvalue weighted by Gasteiger charge is -2.08. The van der Waals surface area contributed by atoms with Gasteiger partial charge in [-0.2, -0.15) is 0 Å². The van der Waals surface area contributed by atoms with Crippen LogP contribution in [-0.2, 0) is 0 Å². The second kappa shape index (κ2) is 5.49. The molecule has 0 saturated heterocycles. The van der Waals surface area contributed by atoms with Crippen LogP contribution in [0.4, 0.5) is 11.4 Å². The molecule has 2 rings (SSSR count). The number of anilines is 2. The van der Waals surface area contributed by atoms with Gasteiger partial charge in [-0.3, -0.25) is 0 Å². The highest BCUT2D eigenvalue weighted by Crippen LogP contribution is 2.28. The molecule has 0 atom stereocenters. The van der Waals surface area contributed by atoms with E-state index in [-0.39, 0.29) is 5.69 Å². The molecule has 2 aromatic rings. The zero-order chi connectivity index (χ0) is 13.1. The molecule has 0 aliphatic carbocycles. The maximum Gasteiger partial charge on any atom is 0.354 e. The van der Waals surface area contributed by atoms with Crippen LogP contribution in [0, 0.1) is 0 Å². The van der Waals surface area contributed by atoms with Crippen LogP contribution in [-0.4, -0.2) is 16.1 Å². The summed E-state index contributed by atoms with van der Waals surface area (Å²) >= 11 is 6.81. The Hall–Kier alpha value is -1.40. The molecule has 4 nitrogen and oxygen atoms in total. The number of halogens is 2. The van der Waals surface area contributed by atoms with Crippen LogP contribution in [0.15, 0.2) is 45.5 Å². The molecule has 18 heavy (non-hydrogen) atoms. The monoisotopic (exact) mass is 370 g/mol. The molecule has 0 bridgehead atoms. The van der Waals surface area contributed by atoms with Crippen molar-refractivity contribution in [3.63, 3.8) is 0 Å². The van der Waals surface area contributed by atoms with Gasteiger partial charge in [-0.15, -0.1) is 0 Å². The minimum absolute atomic E-state index is 0.0221. The molecule has 0 aliphatic heterocycles. The normalized spacial score (nSPS) is 10.1. The maximum absolute atomic E-state index is 10.7. The topological polar surface area (TPSA) is 62.2 Å². The van der Waals surface area contributed by atoms with Crippen LogP contribution in [0.1, 0.15) is 10.5 Å². The van der Waals surface area contributed by atoms with Crippen molar-refractivity contribution >= 4 is 49.2 Å². The lowest BCUT2D eigenvalue weighted by atomic mass is 10.3. The second-order valence-electron chi connectivity index (χ2n) is 3.49. The van der Waals surface area contributed by atoms with Crippen molar-refractivity contribution in [2.24, 2.45) is 0 Å². The predicted molar refractivity (Wildman–Crippen MR) is 76.3 cm³/mol. The summed E-state index contributed by atoms with van der Waals surface area (Å²) < 4.78 is 1.86. The van der Waals surface area contributed by atoms with Crippen molar-refractivity contribution in [1.82, 2.24) is 4.98 Å². The molecule has 0 aliphatic rings. The van der Waals surface area contributed by atoms with Gasteiger partial charge < -0.3 is 10.4 Å². The molecule has 2 N–H and O–H groups in total. The SMILES string of the molecule is O=C(O)c1ccc(Nc2cc(Br)ccc2Br)cn1. The molecule has 0 spiro atoms. The van der Waals surface area contributed by atoms with Crippen molar-refractivity contribution in [3.8, 4) is 0 Å². The third-order valence-electron chi connectivity index (χ3n) is 2.19. The van der Waals surface area contributed by atoms with E-state index >= 15 is 0 Å². The molecule has 6 heteroatoms. The molecule has 0 radical (unpaired) electrons. The van der Waals surface area contributed by atoms with Gasteiger partial charge in [-0.25, -0.2) is 9.78 Å². The molecule has 1 aromatic carbocycles. The van der Waals surface area contributed by atoms with Gasteiger partial charge in [0.05, 0.1) is 17.6 Å². The highest BCUT2D eigenvalue weighted by Gasteiger charge is 2.05. The number of aromatic nitrogens is 1. The summed E-state index contributed by atoms with van der Waals surface area (Å²) in [5.41, 5.74) is 1.61. The number of carboxylic acid groups (broad SMARTS) is 1. The Bertz CT molecular complexity index is 585. The van der Waals surface area contributed by atoms with Gasteiger partial charge in [0.1, 0.15) is 5.69 Å². The Morgan fingerprint density at radius 1 is 1.22 bits per heavy atom. The highest BCUT2D eigenvalue weighted by molar-refractivity contribution is 9.11. The van der Waals surface area contributed by atoms with Crippen LogP contribution in [0.5, 0.6) is 0 Å². The van der Waals surface area contributed by atoms with Crippen LogP contribution in [0.25, 0.3) is 0 Å². The largest absolute Gasteiger partial charge is 0.477 e. The van der Waals surface area contributed by atoms with Crippen LogP contribution < -0.4 is 5.32 Å². The first-order chi connectivity index (χ1) is 8.56. The van der Waals surface area contributed by atoms with E-state index in [1.54, 1.807) is 6.07 Å². The van der Waals surface area contributed by atoms with E-state index in [4.69, 9.17) is 5.11 Å². The number of hydrogen-bond acceptors (Lipinski definition) is 3. The number of aromatic carboxylic acids is 1. The average Bonchev–Trinajstić information content (AvgIpc) is 2.34. The number of nitrogens with one attached hydrogen (secondary N) is 1. The summed E-state index contributed by atoms with van der Waals surface area (Å²) in [5.74, 6) is -1.04. The number of carboxylic acids is 1. The summed E-state index contributed by atoms with van der Waals surface area (Å²) in [7, 11) is 0. The van der Waals surface area contributed by atoms with Crippen molar-refractivity contribution in [1.29, 1.82) is 0 Å². The fourth-order valence-corrected chi connectivity index (χ4v) is 2.05. The standard InChI is InChI=1S/C12H8Br2N2O2/c13-7-1-3-9(14)11(5-7)16-8-2-4-10(12(17)18)15-6-8/h1-6,16H,(H,17,18). The zero-order valence-electron chi connectivity index (χ0n) is 9.02. The van der Waals surface area contributed by atoms with E-state index < -0.39 is 5.97 Å². The molecule has 0 fully saturated rings. The molecular formula is C12H8Br2N2O2. The summed E-state index contributed by atoms with van der Waals surface area (Å²) in [6, 6.07) is 8.86. The Kier molecular flexibility index (Phi) is 3.98. The zero-order valence-corrected chi connectivity index (χ0v) is 12.2. The minimum atomic E-state index is -1.04. The smallest absolute Gasteiger partial charge is 0.354 e. The van der Waals surface area contributed by atoms with E-state index in [1.165, 1.54) is 12.3 Å². The van der Waals surface area contributed by atoms with Gasteiger partial charge in [0.25, 0.3) is 0 Å². The highest BCUT2D eigenvalue weighted by atomic mass is 79.9. The molecule has 0 unspecified atom stereocenters. The second-order valence-corrected chi connectivity index (χ2v) is 5.26. The Morgan fingerprint density at radius 2 is 2.00 bits per heavy atom. The number of benzene rings is 1. The predicted octanol–water partition coefficient (Wildman–Crippen LogP) is 4.05. The van der Waals surface area contributed by atoms with Gasteiger partial charge in [0, 0.05) is 8.95 Å². The van der Waals surface area contributed by atoms with Gasteiger partial charge in [0.15, 0.2) is 0 Å². The van der Waals surface area contributed by atoms with Crippen LogP contribution in [0.2, 0.25) is 0 Å².